The zero-order valence-corrected chi connectivity index (χ0v) is 5.40. The Hall–Kier alpha value is 1.42. The van der Waals surface area contributed by atoms with Gasteiger partial charge >= 0.3 is 57.4 Å². The fraction of sp³-hybridized carbons (Fsp3) is 0.750. The Balaban J connectivity index is 0. The molecule has 0 saturated heterocycles. The van der Waals surface area contributed by atoms with E-state index in [4.69, 9.17) is 5.11 Å². The van der Waals surface area contributed by atoms with Crippen molar-refractivity contribution in [2.45, 2.75) is 0 Å². The van der Waals surface area contributed by atoms with Gasteiger partial charge < -0.3 is 9.84 Å². The number of thioether (sulfide) groups is 1. The molecule has 0 bridgehead atoms. The Kier molecular flexibility index (Phi) is 13.6. The minimum absolute atomic E-state index is 0. The van der Waals surface area contributed by atoms with Crippen LogP contribution < -0.4 is 0 Å². The van der Waals surface area contributed by atoms with Crippen molar-refractivity contribution in [2.75, 3.05) is 18.8 Å². The quantitative estimate of drug-likeness (QED) is 0.365. The molecule has 0 spiro atoms. The number of aliphatic carboxylic acids is 1. The zero-order chi connectivity index (χ0) is 6.41. The van der Waals surface area contributed by atoms with Gasteiger partial charge in [-0.2, -0.15) is 0 Å². The van der Waals surface area contributed by atoms with E-state index in [-0.39, 0.29) is 57.1 Å². The van der Waals surface area contributed by atoms with Crippen LogP contribution in [0.3, 0.4) is 0 Å². The molecule has 0 aliphatic rings. The Morgan fingerprint density at radius 1 is 1.78 bits per heavy atom. The molecule has 0 atom stereocenters. The standard InChI is InChI=1S/C4H8O3S.K.H/c1-7-3-8-2-4(5)6;;/h2-3H2,1H3,(H,5,6);;. The molecule has 0 saturated carbocycles. The van der Waals surface area contributed by atoms with Crippen molar-refractivity contribution >= 4 is 69.1 Å². The monoisotopic (exact) mass is 176 g/mol. The molecule has 0 aromatic carbocycles. The predicted octanol–water partition coefficient (Wildman–Crippen LogP) is -0.240. The van der Waals surface area contributed by atoms with Gasteiger partial charge in [-0.25, -0.2) is 0 Å². The first-order valence-electron chi connectivity index (χ1n) is 2.06. The number of methoxy groups -OCH3 is 1. The molecule has 0 rings (SSSR count). The topological polar surface area (TPSA) is 46.5 Å². The minimum atomic E-state index is -0.799. The third-order valence-electron chi connectivity index (χ3n) is 0.427. The molecule has 5 heteroatoms. The Labute approximate surface area is 101 Å². The van der Waals surface area contributed by atoms with E-state index in [1.807, 2.05) is 0 Å². The molecule has 3 nitrogen and oxygen atoms in total. The van der Waals surface area contributed by atoms with E-state index in [0.717, 1.165) is 0 Å². The van der Waals surface area contributed by atoms with Crippen molar-refractivity contribution < 1.29 is 14.6 Å². The summed E-state index contributed by atoms with van der Waals surface area (Å²) < 4.78 is 4.59. The Morgan fingerprint density at radius 2 is 2.33 bits per heavy atom. The average Bonchev–Trinajstić information content (AvgIpc) is 1.66. The number of rotatable bonds is 4. The van der Waals surface area contributed by atoms with Crippen LogP contribution in [0.1, 0.15) is 0 Å². The van der Waals surface area contributed by atoms with Crippen LogP contribution in [0.5, 0.6) is 0 Å². The van der Waals surface area contributed by atoms with Crippen molar-refractivity contribution in [3.05, 3.63) is 0 Å². The second-order valence-corrected chi connectivity index (χ2v) is 2.08. The first-order valence-corrected chi connectivity index (χ1v) is 3.21. The number of carboxylic acid groups (broad SMARTS) is 1. The summed E-state index contributed by atoms with van der Waals surface area (Å²) >= 11 is 1.24. The molecular weight excluding hydrogens is 167 g/mol. The van der Waals surface area contributed by atoms with Crippen LogP contribution >= 0.6 is 11.8 Å². The SMILES string of the molecule is COCSCC(=O)O.[KH]. The third-order valence-corrected chi connectivity index (χ3v) is 1.28. The van der Waals surface area contributed by atoms with Crippen LogP contribution in [0.4, 0.5) is 0 Å². The van der Waals surface area contributed by atoms with Crippen LogP contribution in [0.2, 0.25) is 0 Å². The maximum atomic E-state index is 9.80. The van der Waals surface area contributed by atoms with Gasteiger partial charge in [-0.05, 0) is 0 Å². The summed E-state index contributed by atoms with van der Waals surface area (Å²) in [5.41, 5.74) is 0. The number of hydrogen-bond donors (Lipinski definition) is 1. The summed E-state index contributed by atoms with van der Waals surface area (Å²) in [6, 6.07) is 0. The molecule has 1 N–H and O–H groups in total. The van der Waals surface area contributed by atoms with E-state index in [1.165, 1.54) is 18.9 Å². The van der Waals surface area contributed by atoms with Crippen LogP contribution in [0.15, 0.2) is 0 Å². The van der Waals surface area contributed by atoms with E-state index < -0.39 is 5.97 Å². The van der Waals surface area contributed by atoms with E-state index in [9.17, 15) is 4.79 Å². The number of ether oxygens (including phenoxy) is 1. The van der Waals surface area contributed by atoms with Crippen molar-refractivity contribution in [1.29, 1.82) is 0 Å². The van der Waals surface area contributed by atoms with Gasteiger partial charge in [-0.3, -0.25) is 4.79 Å². The van der Waals surface area contributed by atoms with Gasteiger partial charge in [0, 0.05) is 7.11 Å². The van der Waals surface area contributed by atoms with Crippen molar-refractivity contribution in [2.24, 2.45) is 0 Å². The molecule has 50 valence electrons. The third kappa shape index (κ3) is 12.6. The van der Waals surface area contributed by atoms with E-state index >= 15 is 0 Å². The Morgan fingerprint density at radius 3 is 2.67 bits per heavy atom. The normalized spacial score (nSPS) is 8.11. The van der Waals surface area contributed by atoms with Crippen LogP contribution in [-0.4, -0.2) is 81.3 Å². The summed E-state index contributed by atoms with van der Waals surface area (Å²) in [7, 11) is 1.54. The molecule has 0 aliphatic heterocycles. The molecule has 9 heavy (non-hydrogen) atoms. The number of carbonyl (C=O) groups is 1. The van der Waals surface area contributed by atoms with E-state index in [1.54, 1.807) is 0 Å². The van der Waals surface area contributed by atoms with E-state index in [0.29, 0.717) is 5.94 Å². The average molecular weight is 176 g/mol. The van der Waals surface area contributed by atoms with Gasteiger partial charge in [-0.15, -0.1) is 11.8 Å². The predicted molar refractivity (Wildman–Crippen MR) is 39.1 cm³/mol. The molecular formula is C4H9KO3S. The maximum absolute atomic E-state index is 9.80. The molecule has 0 radical (unpaired) electrons. The summed E-state index contributed by atoms with van der Waals surface area (Å²) in [6.45, 7) is 0. The molecule has 0 amide bonds. The molecule has 0 unspecified atom stereocenters. The first kappa shape index (κ1) is 13.0. The van der Waals surface area contributed by atoms with Crippen LogP contribution in [0, 0.1) is 0 Å². The second kappa shape index (κ2) is 9.42. The molecule has 0 fully saturated rings. The van der Waals surface area contributed by atoms with Gasteiger partial charge in [0.2, 0.25) is 0 Å². The van der Waals surface area contributed by atoms with Gasteiger partial charge in [0.15, 0.2) is 0 Å². The fourth-order valence-electron chi connectivity index (χ4n) is 0.212. The van der Waals surface area contributed by atoms with Crippen molar-refractivity contribution in [3.63, 3.8) is 0 Å². The van der Waals surface area contributed by atoms with Crippen molar-refractivity contribution in [1.82, 2.24) is 0 Å². The first-order chi connectivity index (χ1) is 3.77. The van der Waals surface area contributed by atoms with Crippen molar-refractivity contribution in [3.8, 4) is 0 Å². The molecule has 0 aromatic heterocycles. The van der Waals surface area contributed by atoms with Gasteiger partial charge in [0.25, 0.3) is 0 Å². The number of carboxylic acids is 1. The summed E-state index contributed by atoms with van der Waals surface area (Å²) in [6.07, 6.45) is 0. The molecule has 0 heterocycles. The summed E-state index contributed by atoms with van der Waals surface area (Å²) in [4.78, 5) is 9.80. The fourth-order valence-corrected chi connectivity index (χ4v) is 0.637. The zero-order valence-electron chi connectivity index (χ0n) is 4.59. The summed E-state index contributed by atoms with van der Waals surface area (Å²) in [5, 5.41) is 8.06. The van der Waals surface area contributed by atoms with Crippen LogP contribution in [-0.2, 0) is 9.53 Å². The summed E-state index contributed by atoms with van der Waals surface area (Å²) in [5.74, 6) is -0.229. The van der Waals surface area contributed by atoms with Gasteiger partial charge in [0.1, 0.15) is 0 Å². The molecule has 0 aromatic rings. The van der Waals surface area contributed by atoms with Crippen LogP contribution in [0.25, 0.3) is 0 Å². The van der Waals surface area contributed by atoms with E-state index in [2.05, 4.69) is 4.74 Å². The molecule has 0 aliphatic carbocycles. The Bertz CT molecular complexity index is 78.2. The second-order valence-electron chi connectivity index (χ2n) is 1.15. The van der Waals surface area contributed by atoms with Gasteiger partial charge in [0.05, 0.1) is 11.7 Å². The number of hydrogen-bond acceptors (Lipinski definition) is 3. The van der Waals surface area contributed by atoms with Gasteiger partial charge in [-0.1, -0.05) is 0 Å².